The second-order valence-electron chi connectivity index (χ2n) is 8.69. The highest BCUT2D eigenvalue weighted by Gasteiger charge is 2.13. The van der Waals surface area contributed by atoms with Gasteiger partial charge >= 0.3 is 0 Å². The smallest absolute Gasteiger partial charge is 0.231 e. The first-order chi connectivity index (χ1) is 17.9. The molecule has 0 aliphatic rings. The summed E-state index contributed by atoms with van der Waals surface area (Å²) in [4.78, 5) is 19.4. The van der Waals surface area contributed by atoms with Crippen molar-refractivity contribution in [3.63, 3.8) is 0 Å². The summed E-state index contributed by atoms with van der Waals surface area (Å²) in [5.41, 5.74) is 3.05. The maximum atomic E-state index is 13.9. The summed E-state index contributed by atoms with van der Waals surface area (Å²) in [7, 11) is 0. The minimum atomic E-state index is -1.24. The Kier molecular flexibility index (Phi) is 8.71. The van der Waals surface area contributed by atoms with Gasteiger partial charge in [-0.05, 0) is 47.9 Å². The number of carbonyl (C=O) groups is 1. The SMILES string of the molecule is O=C(Cc1ncc(Cc2cc(F)c(F)cc2F)[nH]1)Nc1ccc(CCNC[C@H](O)c2ccccc2)cc1. The maximum Gasteiger partial charge on any atom is 0.231 e. The molecule has 0 unspecified atom stereocenters. The average molecular weight is 509 g/mol. The summed E-state index contributed by atoms with van der Waals surface area (Å²) in [6, 6.07) is 18.3. The number of aromatic nitrogens is 2. The van der Waals surface area contributed by atoms with Gasteiger partial charge < -0.3 is 20.7 Å². The molecule has 1 heterocycles. The molecule has 192 valence electrons. The molecule has 1 atom stereocenters. The molecule has 0 saturated heterocycles. The van der Waals surface area contributed by atoms with Crippen molar-refractivity contribution in [2.45, 2.75) is 25.4 Å². The molecule has 4 N–H and O–H groups in total. The van der Waals surface area contributed by atoms with Gasteiger partial charge in [0.05, 0.1) is 12.5 Å². The number of anilines is 1. The number of aromatic amines is 1. The second-order valence-corrected chi connectivity index (χ2v) is 8.69. The van der Waals surface area contributed by atoms with Crippen molar-refractivity contribution in [2.75, 3.05) is 18.4 Å². The van der Waals surface area contributed by atoms with Gasteiger partial charge in [0.15, 0.2) is 11.6 Å². The Hall–Kier alpha value is -3.95. The highest BCUT2D eigenvalue weighted by Crippen LogP contribution is 2.17. The highest BCUT2D eigenvalue weighted by molar-refractivity contribution is 5.91. The van der Waals surface area contributed by atoms with Crippen LogP contribution in [0.3, 0.4) is 0 Å². The van der Waals surface area contributed by atoms with E-state index in [1.54, 1.807) is 0 Å². The highest BCUT2D eigenvalue weighted by atomic mass is 19.2. The third-order valence-electron chi connectivity index (χ3n) is 5.83. The standard InChI is InChI=1S/C28H27F3N4O2/c29-23-14-25(31)24(30)13-20(23)12-22-16-33-27(34-22)15-28(37)35-21-8-6-18(7-9-21)10-11-32-17-26(36)19-4-2-1-3-5-19/h1-9,13-14,16,26,32,36H,10-12,15,17H2,(H,33,34)(H,35,37)/t26-/m0/s1. The number of carbonyl (C=O) groups excluding carboxylic acids is 1. The molecule has 4 rings (SSSR count). The number of hydrogen-bond donors (Lipinski definition) is 4. The molecule has 4 aromatic rings. The second kappa shape index (κ2) is 12.3. The fraction of sp³-hybridized carbons (Fsp3) is 0.214. The van der Waals surface area contributed by atoms with Crippen LogP contribution in [-0.2, 0) is 24.1 Å². The molecular formula is C28H27F3N4O2. The van der Waals surface area contributed by atoms with Gasteiger partial charge in [0.25, 0.3) is 0 Å². The first-order valence-electron chi connectivity index (χ1n) is 11.9. The molecule has 0 saturated carbocycles. The zero-order valence-electron chi connectivity index (χ0n) is 20.0. The monoisotopic (exact) mass is 508 g/mol. The summed E-state index contributed by atoms with van der Waals surface area (Å²) in [5, 5.41) is 16.2. The van der Waals surface area contributed by atoms with Crippen LogP contribution in [0.5, 0.6) is 0 Å². The van der Waals surface area contributed by atoms with Crippen LogP contribution < -0.4 is 10.6 Å². The van der Waals surface area contributed by atoms with E-state index in [1.165, 1.54) is 6.20 Å². The molecule has 3 aromatic carbocycles. The minimum Gasteiger partial charge on any atom is -0.387 e. The Labute approximate surface area is 212 Å². The van der Waals surface area contributed by atoms with Crippen LogP contribution in [0.4, 0.5) is 18.9 Å². The Morgan fingerprint density at radius 1 is 0.973 bits per heavy atom. The van der Waals surface area contributed by atoms with Gasteiger partial charge in [0.2, 0.25) is 5.91 Å². The van der Waals surface area contributed by atoms with Crippen molar-refractivity contribution >= 4 is 11.6 Å². The number of amides is 1. The Bertz CT molecular complexity index is 1330. The lowest BCUT2D eigenvalue weighted by atomic mass is 10.1. The van der Waals surface area contributed by atoms with Crippen LogP contribution >= 0.6 is 0 Å². The van der Waals surface area contributed by atoms with Crippen molar-refractivity contribution in [3.05, 3.63) is 119 Å². The van der Waals surface area contributed by atoms with E-state index < -0.39 is 23.6 Å². The van der Waals surface area contributed by atoms with Gasteiger partial charge in [-0.25, -0.2) is 18.2 Å². The van der Waals surface area contributed by atoms with E-state index in [0.717, 1.165) is 23.6 Å². The number of aliphatic hydroxyl groups is 1. The average Bonchev–Trinajstić information content (AvgIpc) is 3.33. The van der Waals surface area contributed by atoms with Crippen LogP contribution in [0, 0.1) is 17.5 Å². The van der Waals surface area contributed by atoms with Crippen LogP contribution in [0.15, 0.2) is 72.9 Å². The summed E-state index contributed by atoms with van der Waals surface area (Å²) in [6.07, 6.45) is 1.60. The third-order valence-corrected chi connectivity index (χ3v) is 5.83. The molecule has 0 fully saturated rings. The number of imidazole rings is 1. The summed E-state index contributed by atoms with van der Waals surface area (Å²) in [6.45, 7) is 1.16. The van der Waals surface area contributed by atoms with Crippen molar-refractivity contribution < 1.29 is 23.1 Å². The first-order valence-corrected chi connectivity index (χ1v) is 11.9. The fourth-order valence-electron chi connectivity index (χ4n) is 3.87. The number of nitrogens with zero attached hydrogens (tertiary/aromatic N) is 1. The normalized spacial score (nSPS) is 11.9. The molecule has 9 heteroatoms. The quantitative estimate of drug-likeness (QED) is 0.178. The number of aliphatic hydroxyl groups excluding tert-OH is 1. The Morgan fingerprint density at radius 2 is 1.70 bits per heavy atom. The zero-order valence-corrected chi connectivity index (χ0v) is 20.0. The number of halogens is 3. The molecule has 0 aliphatic carbocycles. The van der Waals surface area contributed by atoms with Crippen LogP contribution in [0.1, 0.15) is 34.3 Å². The number of benzene rings is 3. The van der Waals surface area contributed by atoms with Gasteiger partial charge in [-0.2, -0.15) is 0 Å². The first kappa shape index (κ1) is 26.1. The predicted octanol–water partition coefficient (Wildman–Crippen LogP) is 4.46. The Morgan fingerprint density at radius 3 is 2.46 bits per heavy atom. The molecule has 1 amide bonds. The van der Waals surface area contributed by atoms with Crippen LogP contribution in [0.2, 0.25) is 0 Å². The number of rotatable bonds is 11. The number of hydrogen-bond acceptors (Lipinski definition) is 4. The van der Waals surface area contributed by atoms with Gasteiger partial charge in [-0.3, -0.25) is 4.79 Å². The largest absolute Gasteiger partial charge is 0.387 e. The van der Waals surface area contributed by atoms with Crippen molar-refractivity contribution in [1.29, 1.82) is 0 Å². The number of H-pyrrole nitrogens is 1. The molecule has 6 nitrogen and oxygen atoms in total. The molecule has 0 radical (unpaired) electrons. The van der Waals surface area contributed by atoms with Crippen molar-refractivity contribution in [2.24, 2.45) is 0 Å². The lowest BCUT2D eigenvalue weighted by Gasteiger charge is -2.12. The van der Waals surface area contributed by atoms with Gasteiger partial charge in [0.1, 0.15) is 11.6 Å². The Balaban J connectivity index is 1.21. The molecule has 0 bridgehead atoms. The van der Waals surface area contributed by atoms with E-state index >= 15 is 0 Å². The van der Waals surface area contributed by atoms with E-state index in [9.17, 15) is 23.1 Å². The van der Waals surface area contributed by atoms with Crippen molar-refractivity contribution in [1.82, 2.24) is 15.3 Å². The van der Waals surface area contributed by atoms with Crippen LogP contribution in [-0.4, -0.2) is 34.1 Å². The van der Waals surface area contributed by atoms with E-state index in [0.29, 0.717) is 36.4 Å². The molecule has 1 aromatic heterocycles. The van der Waals surface area contributed by atoms with Gasteiger partial charge in [-0.15, -0.1) is 0 Å². The molecule has 37 heavy (non-hydrogen) atoms. The third kappa shape index (κ3) is 7.52. The molecular weight excluding hydrogens is 481 g/mol. The summed E-state index contributed by atoms with van der Waals surface area (Å²) >= 11 is 0. The predicted molar refractivity (Wildman–Crippen MR) is 134 cm³/mol. The van der Waals surface area contributed by atoms with E-state index in [-0.39, 0.29) is 24.3 Å². The van der Waals surface area contributed by atoms with E-state index in [4.69, 9.17) is 0 Å². The van der Waals surface area contributed by atoms with E-state index in [2.05, 4.69) is 20.6 Å². The van der Waals surface area contributed by atoms with Crippen LogP contribution in [0.25, 0.3) is 0 Å². The molecule has 0 aliphatic heterocycles. The minimum absolute atomic E-state index is 0.0128. The fourth-order valence-corrected chi connectivity index (χ4v) is 3.87. The lowest BCUT2D eigenvalue weighted by Crippen LogP contribution is -2.23. The molecule has 0 spiro atoms. The lowest BCUT2D eigenvalue weighted by molar-refractivity contribution is -0.115. The topological polar surface area (TPSA) is 90.0 Å². The van der Waals surface area contributed by atoms with Crippen molar-refractivity contribution in [3.8, 4) is 0 Å². The summed E-state index contributed by atoms with van der Waals surface area (Å²) in [5.74, 6) is -3.14. The van der Waals surface area contributed by atoms with Gasteiger partial charge in [0, 0.05) is 36.6 Å². The maximum absolute atomic E-state index is 13.9. The van der Waals surface area contributed by atoms with E-state index in [1.807, 2.05) is 54.6 Å². The van der Waals surface area contributed by atoms with Gasteiger partial charge in [-0.1, -0.05) is 42.5 Å². The zero-order chi connectivity index (χ0) is 26.2. The summed E-state index contributed by atoms with van der Waals surface area (Å²) < 4.78 is 40.4. The number of nitrogens with one attached hydrogen (secondary N) is 3.